The van der Waals surface area contributed by atoms with Crippen molar-refractivity contribution in [3.63, 3.8) is 0 Å². The third kappa shape index (κ3) is 4.02. The molecule has 8 nitrogen and oxygen atoms in total. The van der Waals surface area contributed by atoms with Gasteiger partial charge in [0.15, 0.2) is 5.65 Å². The first-order valence-electron chi connectivity index (χ1n) is 9.74. The summed E-state index contributed by atoms with van der Waals surface area (Å²) < 4.78 is 7.36. The maximum atomic E-state index is 12.8. The fourth-order valence-corrected chi connectivity index (χ4v) is 3.88. The Hall–Kier alpha value is -3.13. The molecule has 3 heterocycles. The first-order valence-corrected chi connectivity index (χ1v) is 9.74. The smallest absolute Gasteiger partial charge is 0.260 e. The molecule has 1 aliphatic rings. The van der Waals surface area contributed by atoms with Gasteiger partial charge in [0, 0.05) is 43.1 Å². The zero-order chi connectivity index (χ0) is 20.5. The molecule has 1 aromatic carbocycles. The molecule has 1 fully saturated rings. The highest BCUT2D eigenvalue weighted by atomic mass is 16.5. The second-order valence-corrected chi connectivity index (χ2v) is 7.63. The molecule has 1 saturated heterocycles. The van der Waals surface area contributed by atoms with E-state index in [0.29, 0.717) is 29.2 Å². The first-order chi connectivity index (χ1) is 13.9. The van der Waals surface area contributed by atoms with Crippen LogP contribution in [0, 0.1) is 6.92 Å². The number of ether oxygens (including phenoxy) is 1. The molecule has 1 aliphatic heterocycles. The van der Waals surface area contributed by atoms with Gasteiger partial charge in [0.2, 0.25) is 0 Å². The third-order valence-corrected chi connectivity index (χ3v) is 5.06. The molecule has 1 amide bonds. The summed E-state index contributed by atoms with van der Waals surface area (Å²) in [5.41, 5.74) is 3.15. The summed E-state index contributed by atoms with van der Waals surface area (Å²) in [5.74, 6) is 0.730. The van der Waals surface area contributed by atoms with E-state index in [1.807, 2.05) is 29.7 Å². The van der Waals surface area contributed by atoms with Crippen LogP contribution >= 0.6 is 0 Å². The number of fused-ring (bicyclic) bond motifs is 1. The van der Waals surface area contributed by atoms with Crippen molar-refractivity contribution >= 4 is 23.1 Å². The number of nitrogens with zero attached hydrogens (tertiary/aromatic N) is 4. The fraction of sp³-hybridized carbons (Fsp3) is 0.381. The number of hydrogen-bond donors (Lipinski definition) is 2. The summed E-state index contributed by atoms with van der Waals surface area (Å²) in [6, 6.07) is 6.51. The van der Waals surface area contributed by atoms with Crippen molar-refractivity contribution in [1.82, 2.24) is 19.7 Å². The number of imidazole rings is 1. The number of nitrogens with one attached hydrogen (secondary N) is 2. The van der Waals surface area contributed by atoms with Crippen molar-refractivity contribution in [1.29, 1.82) is 0 Å². The maximum absolute atomic E-state index is 12.8. The zero-order valence-electron chi connectivity index (χ0n) is 17.1. The van der Waals surface area contributed by atoms with Gasteiger partial charge in [-0.3, -0.25) is 4.79 Å². The standard InChI is InChI=1S/C21H26N6O2/c1-13-9-26(10-14(2)23-13)16-5-6-17(18(7-16)29-4)21(28)25-19-12-27-11-15(3)24-20(27)8-22-19/h5-8,11-14,23H,9-10H2,1-4H3,(H,25,28). The van der Waals surface area contributed by atoms with E-state index >= 15 is 0 Å². The predicted molar refractivity (Wildman–Crippen MR) is 113 cm³/mol. The van der Waals surface area contributed by atoms with Crippen molar-refractivity contribution < 1.29 is 9.53 Å². The van der Waals surface area contributed by atoms with Crippen LogP contribution < -0.4 is 20.3 Å². The van der Waals surface area contributed by atoms with Gasteiger partial charge in [0.25, 0.3) is 5.91 Å². The molecule has 4 rings (SSSR count). The van der Waals surface area contributed by atoms with Crippen LogP contribution in [0.2, 0.25) is 0 Å². The molecule has 0 bridgehead atoms. The highest BCUT2D eigenvalue weighted by molar-refractivity contribution is 6.06. The normalized spacial score (nSPS) is 19.4. The van der Waals surface area contributed by atoms with E-state index < -0.39 is 0 Å². The Morgan fingerprint density at radius 3 is 2.72 bits per heavy atom. The number of hydrogen-bond acceptors (Lipinski definition) is 6. The van der Waals surface area contributed by atoms with Crippen molar-refractivity contribution in [3.8, 4) is 5.75 Å². The van der Waals surface area contributed by atoms with Gasteiger partial charge in [-0.25, -0.2) is 9.97 Å². The minimum absolute atomic E-state index is 0.265. The average Bonchev–Trinajstić information content (AvgIpc) is 3.06. The van der Waals surface area contributed by atoms with E-state index in [1.165, 1.54) is 0 Å². The lowest BCUT2D eigenvalue weighted by atomic mass is 10.1. The summed E-state index contributed by atoms with van der Waals surface area (Å²) >= 11 is 0. The van der Waals surface area contributed by atoms with Crippen molar-refractivity contribution in [3.05, 3.63) is 48.0 Å². The molecule has 0 saturated carbocycles. The van der Waals surface area contributed by atoms with Crippen molar-refractivity contribution in [2.24, 2.45) is 0 Å². The van der Waals surface area contributed by atoms with Gasteiger partial charge in [-0.05, 0) is 32.9 Å². The molecule has 2 unspecified atom stereocenters. The van der Waals surface area contributed by atoms with Gasteiger partial charge in [-0.15, -0.1) is 0 Å². The number of carbonyl (C=O) groups is 1. The summed E-state index contributed by atoms with van der Waals surface area (Å²) in [7, 11) is 1.58. The summed E-state index contributed by atoms with van der Waals surface area (Å²) in [6.07, 6.45) is 5.27. The van der Waals surface area contributed by atoms with Crippen LogP contribution in [-0.4, -0.2) is 52.6 Å². The van der Waals surface area contributed by atoms with E-state index in [-0.39, 0.29) is 5.91 Å². The van der Waals surface area contributed by atoms with Crippen molar-refractivity contribution in [2.75, 3.05) is 30.4 Å². The van der Waals surface area contributed by atoms with E-state index in [0.717, 1.165) is 30.1 Å². The number of benzene rings is 1. The Kier molecular flexibility index (Phi) is 5.10. The predicted octanol–water partition coefficient (Wildman–Crippen LogP) is 2.49. The highest BCUT2D eigenvalue weighted by Crippen LogP contribution is 2.27. The monoisotopic (exact) mass is 394 g/mol. The number of carbonyl (C=O) groups excluding carboxylic acids is 1. The molecule has 29 heavy (non-hydrogen) atoms. The molecule has 8 heteroatoms. The average molecular weight is 394 g/mol. The lowest BCUT2D eigenvalue weighted by Gasteiger charge is -2.37. The largest absolute Gasteiger partial charge is 0.496 e. The molecular weight excluding hydrogens is 368 g/mol. The molecule has 3 aromatic rings. The topological polar surface area (TPSA) is 83.8 Å². The van der Waals surface area contributed by atoms with Gasteiger partial charge in [-0.1, -0.05) is 0 Å². The van der Waals surface area contributed by atoms with Crippen LogP contribution in [0.15, 0.2) is 36.8 Å². The highest BCUT2D eigenvalue weighted by Gasteiger charge is 2.23. The van der Waals surface area contributed by atoms with Gasteiger partial charge in [0.05, 0.1) is 30.8 Å². The van der Waals surface area contributed by atoms with E-state index in [4.69, 9.17) is 4.74 Å². The second kappa shape index (κ2) is 7.71. The van der Waals surface area contributed by atoms with E-state index in [2.05, 4.69) is 39.3 Å². The molecule has 0 radical (unpaired) electrons. The quantitative estimate of drug-likeness (QED) is 0.707. The number of piperazine rings is 1. The van der Waals surface area contributed by atoms with Crippen molar-refractivity contribution in [2.45, 2.75) is 32.9 Å². The van der Waals surface area contributed by atoms with Crippen LogP contribution in [0.25, 0.3) is 5.65 Å². The van der Waals surface area contributed by atoms with E-state index in [1.54, 1.807) is 25.6 Å². The Balaban J connectivity index is 1.55. The lowest BCUT2D eigenvalue weighted by Crippen LogP contribution is -2.54. The summed E-state index contributed by atoms with van der Waals surface area (Å²) in [4.78, 5) is 23.8. The van der Waals surface area contributed by atoms with Crippen LogP contribution in [0.3, 0.4) is 0 Å². The first kappa shape index (κ1) is 19.2. The number of anilines is 2. The molecule has 0 spiro atoms. The van der Waals surface area contributed by atoms with Gasteiger partial charge < -0.3 is 24.7 Å². The zero-order valence-corrected chi connectivity index (χ0v) is 17.1. The third-order valence-electron chi connectivity index (χ3n) is 5.06. The number of amides is 1. The second-order valence-electron chi connectivity index (χ2n) is 7.63. The van der Waals surface area contributed by atoms with Gasteiger partial charge >= 0.3 is 0 Å². The Morgan fingerprint density at radius 1 is 1.24 bits per heavy atom. The minimum atomic E-state index is -0.265. The van der Waals surface area contributed by atoms with E-state index in [9.17, 15) is 4.79 Å². The van der Waals surface area contributed by atoms with Crippen LogP contribution in [-0.2, 0) is 0 Å². The Bertz CT molecular complexity index is 1040. The SMILES string of the molecule is COc1cc(N2CC(C)NC(C)C2)ccc1C(=O)Nc1cn2cc(C)nc2cn1. The Morgan fingerprint density at radius 2 is 2.00 bits per heavy atom. The molecule has 0 aliphatic carbocycles. The van der Waals surface area contributed by atoms with Gasteiger partial charge in [-0.2, -0.15) is 0 Å². The van der Waals surface area contributed by atoms with Crippen LogP contribution in [0.4, 0.5) is 11.5 Å². The number of rotatable bonds is 4. The van der Waals surface area contributed by atoms with Gasteiger partial charge in [0.1, 0.15) is 11.6 Å². The fourth-order valence-electron chi connectivity index (χ4n) is 3.88. The van der Waals surface area contributed by atoms with Crippen LogP contribution in [0.5, 0.6) is 5.75 Å². The summed E-state index contributed by atoms with van der Waals surface area (Å²) in [5, 5.41) is 6.37. The lowest BCUT2D eigenvalue weighted by molar-refractivity contribution is 0.102. The molecule has 2 atom stereocenters. The maximum Gasteiger partial charge on any atom is 0.260 e. The number of aryl methyl sites for hydroxylation is 1. The minimum Gasteiger partial charge on any atom is -0.496 e. The number of methoxy groups -OCH3 is 1. The number of aromatic nitrogens is 3. The molecule has 2 N–H and O–H groups in total. The molecular formula is C21H26N6O2. The summed E-state index contributed by atoms with van der Waals surface area (Å²) in [6.45, 7) is 8.08. The van der Waals surface area contributed by atoms with Crippen LogP contribution in [0.1, 0.15) is 29.9 Å². The Labute approximate surface area is 169 Å². The molecule has 2 aromatic heterocycles. The molecule has 152 valence electrons.